The summed E-state index contributed by atoms with van der Waals surface area (Å²) in [7, 11) is 1.42. The summed E-state index contributed by atoms with van der Waals surface area (Å²) in [6.45, 7) is 0. The van der Waals surface area contributed by atoms with Gasteiger partial charge in [-0.15, -0.1) is 0 Å². The van der Waals surface area contributed by atoms with Gasteiger partial charge in [-0.2, -0.15) is 23.4 Å². The van der Waals surface area contributed by atoms with E-state index >= 15 is 0 Å². The summed E-state index contributed by atoms with van der Waals surface area (Å²) in [5.74, 6) is 0. The van der Waals surface area contributed by atoms with Crippen molar-refractivity contribution in [1.29, 1.82) is 0 Å². The van der Waals surface area contributed by atoms with E-state index < -0.39 is 17.3 Å². The summed E-state index contributed by atoms with van der Waals surface area (Å²) in [6.07, 6.45) is -2.24. The topological polar surface area (TPSA) is 59.3 Å². The van der Waals surface area contributed by atoms with Crippen LogP contribution in [-0.4, -0.2) is 16.0 Å². The van der Waals surface area contributed by atoms with Gasteiger partial charge in [-0.25, -0.2) is 4.68 Å². The summed E-state index contributed by atoms with van der Waals surface area (Å²) < 4.78 is 39.4. The summed E-state index contributed by atoms with van der Waals surface area (Å²) in [4.78, 5) is 11.5. The molecule has 0 saturated carbocycles. The highest BCUT2D eigenvalue weighted by Crippen LogP contribution is 2.31. The maximum atomic E-state index is 12.8. The van der Waals surface area contributed by atoms with Crippen molar-refractivity contribution < 1.29 is 13.2 Å². The van der Waals surface area contributed by atoms with Crippen LogP contribution < -0.4 is 11.0 Å². The number of aromatic nitrogens is 2. The maximum absolute atomic E-state index is 12.8. The van der Waals surface area contributed by atoms with Crippen LogP contribution >= 0.6 is 11.6 Å². The molecule has 0 aliphatic rings. The van der Waals surface area contributed by atoms with Crippen molar-refractivity contribution in [3.63, 3.8) is 0 Å². The Hall–Kier alpha value is -2.35. The van der Waals surface area contributed by atoms with Gasteiger partial charge in [0.1, 0.15) is 10.7 Å². The number of halogens is 4. The molecule has 0 unspecified atom stereocenters. The number of rotatable bonds is 3. The molecular formula is C13H10ClF3N4O. The van der Waals surface area contributed by atoms with E-state index in [0.717, 1.165) is 17.0 Å². The number of hydrazone groups is 1. The molecule has 0 saturated heterocycles. The number of aryl methyl sites for hydroxylation is 1. The molecule has 22 heavy (non-hydrogen) atoms. The number of alkyl halides is 3. The molecule has 0 bridgehead atoms. The maximum Gasteiger partial charge on any atom is 0.417 e. The number of hydrogen-bond donors (Lipinski definition) is 1. The standard InChI is InChI=1S/C13H10ClF3N4O/c1-21-12(22)11(14)10(7-19-21)20-18-6-8-4-2-3-5-9(8)13(15,16)17/h2-7,20H,1H3/b18-6-. The van der Waals surface area contributed by atoms with Crippen LogP contribution in [0.15, 0.2) is 40.4 Å². The third kappa shape index (κ3) is 3.45. The Kier molecular flexibility index (Phi) is 4.51. The minimum Gasteiger partial charge on any atom is -0.275 e. The molecule has 2 rings (SSSR count). The quantitative estimate of drug-likeness (QED) is 0.695. The van der Waals surface area contributed by atoms with Crippen molar-refractivity contribution in [3.8, 4) is 0 Å². The summed E-state index contributed by atoms with van der Waals surface area (Å²) in [6, 6.07) is 4.98. The first-order valence-electron chi connectivity index (χ1n) is 5.98. The Morgan fingerprint density at radius 2 is 2.05 bits per heavy atom. The summed E-state index contributed by atoms with van der Waals surface area (Å²) in [5, 5.41) is 7.24. The number of nitrogens with one attached hydrogen (secondary N) is 1. The third-order valence-corrected chi connectivity index (χ3v) is 3.10. The Morgan fingerprint density at radius 1 is 1.36 bits per heavy atom. The predicted octanol–water partition coefficient (Wildman–Crippen LogP) is 2.90. The van der Waals surface area contributed by atoms with Crippen LogP contribution in [0.5, 0.6) is 0 Å². The van der Waals surface area contributed by atoms with E-state index in [-0.39, 0.29) is 16.3 Å². The monoisotopic (exact) mass is 330 g/mol. The molecule has 1 N–H and O–H groups in total. The third-order valence-electron chi connectivity index (χ3n) is 2.73. The van der Waals surface area contributed by atoms with Gasteiger partial charge in [0.25, 0.3) is 5.56 Å². The number of benzene rings is 1. The molecule has 9 heteroatoms. The number of anilines is 1. The van der Waals surface area contributed by atoms with Crippen LogP contribution in [-0.2, 0) is 13.2 Å². The van der Waals surface area contributed by atoms with E-state index in [1.807, 2.05) is 0 Å². The molecule has 1 aromatic heterocycles. The molecule has 0 amide bonds. The number of hydrogen-bond acceptors (Lipinski definition) is 4. The van der Waals surface area contributed by atoms with Crippen LogP contribution in [0, 0.1) is 0 Å². The van der Waals surface area contributed by atoms with Crippen molar-refractivity contribution in [1.82, 2.24) is 9.78 Å². The van der Waals surface area contributed by atoms with Gasteiger partial charge < -0.3 is 0 Å². The zero-order valence-electron chi connectivity index (χ0n) is 11.2. The summed E-state index contributed by atoms with van der Waals surface area (Å²) in [5.41, 5.74) is 1.03. The zero-order chi connectivity index (χ0) is 16.3. The fraction of sp³-hybridized carbons (Fsp3) is 0.154. The van der Waals surface area contributed by atoms with Crippen LogP contribution in [0.25, 0.3) is 0 Å². The largest absolute Gasteiger partial charge is 0.417 e. The lowest BCUT2D eigenvalue weighted by atomic mass is 10.1. The van der Waals surface area contributed by atoms with E-state index in [1.54, 1.807) is 0 Å². The predicted molar refractivity (Wildman–Crippen MR) is 77.1 cm³/mol. The van der Waals surface area contributed by atoms with Gasteiger partial charge in [-0.3, -0.25) is 10.2 Å². The van der Waals surface area contributed by atoms with Gasteiger partial charge >= 0.3 is 6.18 Å². The zero-order valence-corrected chi connectivity index (χ0v) is 12.0. The molecule has 0 aliphatic heterocycles. The minimum absolute atomic E-state index is 0.102. The fourth-order valence-electron chi connectivity index (χ4n) is 1.63. The van der Waals surface area contributed by atoms with Gasteiger partial charge in [0.15, 0.2) is 0 Å². The Morgan fingerprint density at radius 3 is 2.73 bits per heavy atom. The van der Waals surface area contributed by atoms with Crippen molar-refractivity contribution in [2.75, 3.05) is 5.43 Å². The lowest BCUT2D eigenvalue weighted by Crippen LogP contribution is -2.20. The molecule has 0 spiro atoms. The molecule has 0 atom stereocenters. The highest BCUT2D eigenvalue weighted by Gasteiger charge is 2.32. The SMILES string of the molecule is Cn1ncc(N/N=C\c2ccccc2C(F)(F)F)c(Cl)c1=O. The average molecular weight is 331 g/mol. The first-order chi connectivity index (χ1) is 10.3. The highest BCUT2D eigenvalue weighted by molar-refractivity contribution is 6.32. The molecular weight excluding hydrogens is 321 g/mol. The van der Waals surface area contributed by atoms with E-state index in [2.05, 4.69) is 15.6 Å². The molecule has 5 nitrogen and oxygen atoms in total. The van der Waals surface area contributed by atoms with E-state index in [1.165, 1.54) is 31.4 Å². The second-order valence-electron chi connectivity index (χ2n) is 4.26. The molecule has 2 aromatic rings. The van der Waals surface area contributed by atoms with Gasteiger partial charge in [0, 0.05) is 12.6 Å². The van der Waals surface area contributed by atoms with Crippen LogP contribution in [0.4, 0.5) is 18.9 Å². The van der Waals surface area contributed by atoms with E-state index in [0.29, 0.717) is 0 Å². The second-order valence-corrected chi connectivity index (χ2v) is 4.63. The van der Waals surface area contributed by atoms with Crippen LogP contribution in [0.3, 0.4) is 0 Å². The molecule has 1 heterocycles. The summed E-state index contributed by atoms with van der Waals surface area (Å²) >= 11 is 5.79. The first kappa shape index (κ1) is 16.0. The smallest absolute Gasteiger partial charge is 0.275 e. The Labute approximate surface area is 128 Å². The molecule has 0 radical (unpaired) electrons. The van der Waals surface area contributed by atoms with Gasteiger partial charge in [0.05, 0.1) is 18.0 Å². The highest BCUT2D eigenvalue weighted by atomic mass is 35.5. The van der Waals surface area contributed by atoms with Crippen LogP contribution in [0.1, 0.15) is 11.1 Å². The Bertz CT molecular complexity index is 771. The van der Waals surface area contributed by atoms with E-state index in [4.69, 9.17) is 11.6 Å². The molecule has 1 aromatic carbocycles. The number of nitrogens with zero attached hydrogens (tertiary/aromatic N) is 3. The van der Waals surface area contributed by atoms with Gasteiger partial charge in [0.2, 0.25) is 0 Å². The Balaban J connectivity index is 2.25. The van der Waals surface area contributed by atoms with Crippen LogP contribution in [0.2, 0.25) is 5.02 Å². The lowest BCUT2D eigenvalue weighted by Gasteiger charge is -2.09. The van der Waals surface area contributed by atoms with E-state index in [9.17, 15) is 18.0 Å². The normalized spacial score (nSPS) is 11.9. The minimum atomic E-state index is -4.48. The molecule has 0 fully saturated rings. The van der Waals surface area contributed by atoms with Crippen molar-refractivity contribution in [2.24, 2.45) is 12.1 Å². The van der Waals surface area contributed by atoms with Gasteiger partial charge in [-0.1, -0.05) is 29.8 Å². The second kappa shape index (κ2) is 6.18. The van der Waals surface area contributed by atoms with Crippen molar-refractivity contribution >= 4 is 23.5 Å². The van der Waals surface area contributed by atoms with Crippen molar-refractivity contribution in [2.45, 2.75) is 6.18 Å². The van der Waals surface area contributed by atoms with Crippen molar-refractivity contribution in [3.05, 3.63) is 57.0 Å². The van der Waals surface area contributed by atoms with Gasteiger partial charge in [-0.05, 0) is 6.07 Å². The first-order valence-corrected chi connectivity index (χ1v) is 6.35. The molecule has 0 aliphatic carbocycles. The fourth-order valence-corrected chi connectivity index (χ4v) is 1.84. The lowest BCUT2D eigenvalue weighted by molar-refractivity contribution is -0.137. The average Bonchev–Trinajstić information content (AvgIpc) is 2.47. The molecule has 116 valence electrons.